The maximum atomic E-state index is 11.8. The largest absolute Gasteiger partial charge is 0.395 e. The Hall–Kier alpha value is -0.610. The molecule has 1 aliphatic rings. The SMILES string of the molecule is CCCC1CC(NCCO)CN(C(=O)CC)C1. The van der Waals surface area contributed by atoms with E-state index >= 15 is 0 Å². The molecule has 0 spiro atoms. The summed E-state index contributed by atoms with van der Waals surface area (Å²) in [5.74, 6) is 0.863. The summed E-state index contributed by atoms with van der Waals surface area (Å²) in [5.41, 5.74) is 0. The number of hydrogen-bond donors (Lipinski definition) is 2. The molecule has 1 saturated heterocycles. The summed E-state index contributed by atoms with van der Waals surface area (Å²) in [5, 5.41) is 12.2. The van der Waals surface area contributed by atoms with Crippen LogP contribution in [0.1, 0.15) is 39.5 Å². The van der Waals surface area contributed by atoms with Crippen molar-refractivity contribution in [1.82, 2.24) is 10.2 Å². The molecule has 0 aromatic carbocycles. The minimum atomic E-state index is 0.163. The Morgan fingerprint density at radius 2 is 2.18 bits per heavy atom. The maximum Gasteiger partial charge on any atom is 0.222 e. The zero-order valence-electron chi connectivity index (χ0n) is 11.1. The minimum Gasteiger partial charge on any atom is -0.395 e. The maximum absolute atomic E-state index is 11.8. The van der Waals surface area contributed by atoms with E-state index in [1.807, 2.05) is 11.8 Å². The van der Waals surface area contributed by atoms with E-state index in [4.69, 9.17) is 5.11 Å². The van der Waals surface area contributed by atoms with E-state index in [-0.39, 0.29) is 12.5 Å². The van der Waals surface area contributed by atoms with Crippen LogP contribution in [0.25, 0.3) is 0 Å². The summed E-state index contributed by atoms with van der Waals surface area (Å²) in [6.45, 7) is 6.61. The van der Waals surface area contributed by atoms with Crippen LogP contribution in [0.3, 0.4) is 0 Å². The van der Waals surface area contributed by atoms with Crippen molar-refractivity contribution in [3.63, 3.8) is 0 Å². The smallest absolute Gasteiger partial charge is 0.222 e. The molecule has 0 aliphatic carbocycles. The summed E-state index contributed by atoms with van der Waals surface area (Å²) in [4.78, 5) is 13.8. The number of nitrogens with zero attached hydrogens (tertiary/aromatic N) is 1. The summed E-state index contributed by atoms with van der Waals surface area (Å²) in [7, 11) is 0. The average molecular weight is 242 g/mol. The van der Waals surface area contributed by atoms with E-state index in [0.29, 0.717) is 24.9 Å². The fraction of sp³-hybridized carbons (Fsp3) is 0.923. The molecule has 4 heteroatoms. The molecule has 1 aliphatic heterocycles. The molecule has 1 amide bonds. The number of hydrogen-bond acceptors (Lipinski definition) is 3. The van der Waals surface area contributed by atoms with Crippen LogP contribution in [0, 0.1) is 5.92 Å². The molecule has 0 aromatic heterocycles. The van der Waals surface area contributed by atoms with Gasteiger partial charge in [-0.15, -0.1) is 0 Å². The second-order valence-electron chi connectivity index (χ2n) is 4.92. The number of likely N-dealkylation sites (tertiary alicyclic amines) is 1. The molecule has 0 bridgehead atoms. The molecule has 100 valence electrons. The monoisotopic (exact) mass is 242 g/mol. The van der Waals surface area contributed by atoms with Crippen molar-refractivity contribution in [2.24, 2.45) is 5.92 Å². The number of nitrogens with one attached hydrogen (secondary N) is 1. The van der Waals surface area contributed by atoms with E-state index in [1.165, 1.54) is 12.8 Å². The molecule has 2 unspecified atom stereocenters. The van der Waals surface area contributed by atoms with Gasteiger partial charge in [0.15, 0.2) is 0 Å². The van der Waals surface area contributed by atoms with Crippen molar-refractivity contribution in [1.29, 1.82) is 0 Å². The Labute approximate surface area is 104 Å². The molecular weight excluding hydrogens is 216 g/mol. The Bertz CT molecular complexity index is 233. The van der Waals surface area contributed by atoms with Gasteiger partial charge in [0.05, 0.1) is 6.61 Å². The first-order valence-corrected chi connectivity index (χ1v) is 6.83. The molecule has 0 radical (unpaired) electrons. The van der Waals surface area contributed by atoms with Crippen LogP contribution in [0.4, 0.5) is 0 Å². The predicted molar refractivity (Wildman–Crippen MR) is 68.8 cm³/mol. The number of carbonyl (C=O) groups is 1. The first-order chi connectivity index (χ1) is 8.21. The number of piperidine rings is 1. The second kappa shape index (κ2) is 7.67. The summed E-state index contributed by atoms with van der Waals surface area (Å²) < 4.78 is 0. The third-order valence-electron chi connectivity index (χ3n) is 3.43. The van der Waals surface area contributed by atoms with E-state index in [2.05, 4.69) is 12.2 Å². The predicted octanol–water partition coefficient (Wildman–Crippen LogP) is 0.995. The van der Waals surface area contributed by atoms with Crippen molar-refractivity contribution in [2.45, 2.75) is 45.6 Å². The van der Waals surface area contributed by atoms with Crippen LogP contribution >= 0.6 is 0 Å². The van der Waals surface area contributed by atoms with Crippen molar-refractivity contribution in [3.05, 3.63) is 0 Å². The zero-order valence-corrected chi connectivity index (χ0v) is 11.1. The molecule has 2 atom stereocenters. The standard InChI is InChI=1S/C13H26N2O2/c1-3-5-11-8-12(14-6-7-16)10-15(9-11)13(17)4-2/h11-12,14,16H,3-10H2,1-2H3. The van der Waals surface area contributed by atoms with Crippen LogP contribution in [0.5, 0.6) is 0 Å². The highest BCUT2D eigenvalue weighted by Crippen LogP contribution is 2.21. The van der Waals surface area contributed by atoms with Crippen molar-refractivity contribution in [3.8, 4) is 0 Å². The quantitative estimate of drug-likeness (QED) is 0.730. The van der Waals surface area contributed by atoms with Gasteiger partial charge in [0, 0.05) is 32.1 Å². The molecule has 0 aromatic rings. The van der Waals surface area contributed by atoms with Crippen LogP contribution in [0.2, 0.25) is 0 Å². The lowest BCUT2D eigenvalue weighted by Crippen LogP contribution is -2.51. The Balaban J connectivity index is 2.52. The van der Waals surface area contributed by atoms with Crippen LogP contribution < -0.4 is 5.32 Å². The van der Waals surface area contributed by atoms with Gasteiger partial charge in [-0.3, -0.25) is 4.79 Å². The van der Waals surface area contributed by atoms with Crippen LogP contribution in [-0.4, -0.2) is 48.2 Å². The summed E-state index contributed by atoms with van der Waals surface area (Å²) >= 11 is 0. The van der Waals surface area contributed by atoms with E-state index in [1.54, 1.807) is 0 Å². The zero-order chi connectivity index (χ0) is 12.7. The average Bonchev–Trinajstić information content (AvgIpc) is 2.35. The van der Waals surface area contributed by atoms with Gasteiger partial charge in [-0.05, 0) is 18.8 Å². The van der Waals surface area contributed by atoms with Gasteiger partial charge >= 0.3 is 0 Å². The van der Waals surface area contributed by atoms with Crippen LogP contribution in [-0.2, 0) is 4.79 Å². The molecule has 4 nitrogen and oxygen atoms in total. The molecule has 1 heterocycles. The number of rotatable bonds is 6. The normalized spacial score (nSPS) is 25.0. The second-order valence-corrected chi connectivity index (χ2v) is 4.92. The van der Waals surface area contributed by atoms with Gasteiger partial charge in [-0.2, -0.15) is 0 Å². The van der Waals surface area contributed by atoms with Gasteiger partial charge < -0.3 is 15.3 Å². The highest BCUT2D eigenvalue weighted by atomic mass is 16.3. The van der Waals surface area contributed by atoms with Crippen LogP contribution in [0.15, 0.2) is 0 Å². The molecule has 2 N–H and O–H groups in total. The third-order valence-corrected chi connectivity index (χ3v) is 3.43. The van der Waals surface area contributed by atoms with Crippen molar-refractivity contribution >= 4 is 5.91 Å². The Morgan fingerprint density at radius 1 is 1.41 bits per heavy atom. The van der Waals surface area contributed by atoms with Crippen molar-refractivity contribution in [2.75, 3.05) is 26.2 Å². The molecule has 0 saturated carbocycles. The number of aliphatic hydroxyl groups excluding tert-OH is 1. The lowest BCUT2D eigenvalue weighted by Gasteiger charge is -2.38. The van der Waals surface area contributed by atoms with E-state index in [9.17, 15) is 4.79 Å². The fourth-order valence-electron chi connectivity index (χ4n) is 2.66. The van der Waals surface area contributed by atoms with E-state index < -0.39 is 0 Å². The lowest BCUT2D eigenvalue weighted by atomic mass is 9.90. The van der Waals surface area contributed by atoms with Gasteiger partial charge in [-0.1, -0.05) is 20.3 Å². The first kappa shape index (κ1) is 14.5. The van der Waals surface area contributed by atoms with Gasteiger partial charge in [0.2, 0.25) is 5.91 Å². The van der Waals surface area contributed by atoms with Gasteiger partial charge in [0.1, 0.15) is 0 Å². The first-order valence-electron chi connectivity index (χ1n) is 6.83. The number of carbonyl (C=O) groups excluding carboxylic acids is 1. The third kappa shape index (κ3) is 4.64. The minimum absolute atomic E-state index is 0.163. The number of aliphatic hydroxyl groups is 1. The van der Waals surface area contributed by atoms with Gasteiger partial charge in [-0.25, -0.2) is 0 Å². The highest BCUT2D eigenvalue weighted by molar-refractivity contribution is 5.76. The van der Waals surface area contributed by atoms with E-state index in [0.717, 1.165) is 19.5 Å². The highest BCUT2D eigenvalue weighted by Gasteiger charge is 2.28. The molecule has 1 rings (SSSR count). The lowest BCUT2D eigenvalue weighted by molar-refractivity contribution is -0.133. The number of amides is 1. The summed E-state index contributed by atoms with van der Waals surface area (Å²) in [6, 6.07) is 0.350. The Morgan fingerprint density at radius 3 is 2.76 bits per heavy atom. The summed E-state index contributed by atoms with van der Waals surface area (Å²) in [6.07, 6.45) is 4.07. The molecule has 17 heavy (non-hydrogen) atoms. The molecular formula is C13H26N2O2. The Kier molecular flexibility index (Phi) is 6.52. The topological polar surface area (TPSA) is 52.6 Å². The fourth-order valence-corrected chi connectivity index (χ4v) is 2.66. The van der Waals surface area contributed by atoms with Gasteiger partial charge in [0.25, 0.3) is 0 Å². The molecule has 1 fully saturated rings. The van der Waals surface area contributed by atoms with Crippen molar-refractivity contribution < 1.29 is 9.90 Å².